The molecule has 0 radical (unpaired) electrons. The highest BCUT2D eigenvalue weighted by Gasteiger charge is 2.39. The normalized spacial score (nSPS) is 18.3. The molecule has 1 aliphatic heterocycles. The summed E-state index contributed by atoms with van der Waals surface area (Å²) < 4.78 is 12.5. The summed E-state index contributed by atoms with van der Waals surface area (Å²) in [6.07, 6.45) is 3.81. The van der Waals surface area contributed by atoms with Crippen molar-refractivity contribution in [2.24, 2.45) is 0 Å². The lowest BCUT2D eigenvalue weighted by Crippen LogP contribution is -2.54. The molecule has 154 valence electrons. The first-order valence-corrected chi connectivity index (χ1v) is 9.93. The van der Waals surface area contributed by atoms with E-state index < -0.39 is 5.54 Å². The van der Waals surface area contributed by atoms with Gasteiger partial charge in [0.1, 0.15) is 5.54 Å². The maximum Gasteiger partial charge on any atom is 0.325 e. The number of hydrogen-bond donors (Lipinski definition) is 0. The molecule has 0 N–H and O–H groups in total. The molecule has 0 amide bonds. The fourth-order valence-corrected chi connectivity index (χ4v) is 4.23. The third-order valence-electron chi connectivity index (χ3n) is 5.82. The quantitative estimate of drug-likeness (QED) is 0.625. The van der Waals surface area contributed by atoms with Crippen LogP contribution in [0.25, 0.3) is 17.0 Å². The molecule has 29 heavy (non-hydrogen) atoms. The van der Waals surface area contributed by atoms with Crippen LogP contribution in [-0.4, -0.2) is 56.4 Å². The largest absolute Gasteiger partial charge is 0.468 e. The monoisotopic (exact) mass is 397 g/mol. The highest BCUT2D eigenvalue weighted by Crippen LogP contribution is 2.36. The van der Waals surface area contributed by atoms with Gasteiger partial charge in [0, 0.05) is 30.8 Å². The number of nitrogens with zero attached hydrogens (tertiary/aromatic N) is 5. The number of carbonyl (C=O) groups is 1. The van der Waals surface area contributed by atoms with Gasteiger partial charge in [-0.05, 0) is 47.1 Å². The average molecular weight is 397 g/mol. The second-order valence-corrected chi connectivity index (χ2v) is 8.28. The zero-order valence-corrected chi connectivity index (χ0v) is 17.6. The first-order valence-electron chi connectivity index (χ1n) is 9.93. The molecule has 8 nitrogen and oxygen atoms in total. The Hall–Kier alpha value is -2.74. The van der Waals surface area contributed by atoms with Crippen molar-refractivity contribution in [2.45, 2.75) is 52.0 Å². The molecular weight excluding hydrogens is 370 g/mol. The van der Waals surface area contributed by atoms with Crippen molar-refractivity contribution in [1.82, 2.24) is 24.7 Å². The average Bonchev–Trinajstić information content (AvgIpc) is 3.30. The number of rotatable bonds is 4. The first-order chi connectivity index (χ1) is 13.8. The fourth-order valence-electron chi connectivity index (χ4n) is 4.23. The summed E-state index contributed by atoms with van der Waals surface area (Å²) in [6, 6.07) is 3.89. The Morgan fingerprint density at radius 2 is 2.07 bits per heavy atom. The fraction of sp³-hybridized carbons (Fsp3) is 0.524. The number of hydrogen-bond acceptors (Lipinski definition) is 7. The molecular formula is C21H27N5O3. The van der Waals surface area contributed by atoms with E-state index in [9.17, 15) is 4.79 Å². The minimum Gasteiger partial charge on any atom is -0.468 e. The number of likely N-dealkylation sites (tertiary alicyclic amines) is 1. The molecule has 4 heterocycles. The van der Waals surface area contributed by atoms with Crippen molar-refractivity contribution < 1.29 is 14.1 Å². The summed E-state index contributed by atoms with van der Waals surface area (Å²) in [4.78, 5) is 19.1. The number of carbonyl (C=O) groups excluding carboxylic acids is 1. The van der Waals surface area contributed by atoms with Gasteiger partial charge in [-0.15, -0.1) is 0 Å². The van der Waals surface area contributed by atoms with E-state index in [0.29, 0.717) is 5.76 Å². The molecule has 1 unspecified atom stereocenters. The Morgan fingerprint density at radius 1 is 1.28 bits per heavy atom. The molecule has 3 aromatic heterocycles. The van der Waals surface area contributed by atoms with Crippen LogP contribution in [0, 0.1) is 13.8 Å². The lowest BCUT2D eigenvalue weighted by molar-refractivity contribution is -0.154. The van der Waals surface area contributed by atoms with Crippen LogP contribution in [-0.2, 0) is 9.53 Å². The molecule has 1 fully saturated rings. The number of fused-ring (bicyclic) bond motifs is 1. The van der Waals surface area contributed by atoms with Gasteiger partial charge < -0.3 is 9.26 Å². The van der Waals surface area contributed by atoms with E-state index in [1.165, 1.54) is 7.11 Å². The minimum absolute atomic E-state index is 0.165. The van der Waals surface area contributed by atoms with Crippen molar-refractivity contribution in [3.63, 3.8) is 0 Å². The standard InChI is InChI=1S/C21H27N5O3/c1-13-10-18-22-11-16(17-9-14(2)24-29-17)19(26(18)23-13)15-7-6-8-25(12-15)21(3,4)20(27)28-5/h9-11,15H,6-8,12H2,1-5H3. The van der Waals surface area contributed by atoms with Gasteiger partial charge in [-0.3, -0.25) is 9.69 Å². The van der Waals surface area contributed by atoms with Gasteiger partial charge in [-0.25, -0.2) is 9.50 Å². The third-order valence-corrected chi connectivity index (χ3v) is 5.82. The number of ether oxygens (including phenoxy) is 1. The van der Waals surface area contributed by atoms with E-state index >= 15 is 0 Å². The van der Waals surface area contributed by atoms with E-state index in [4.69, 9.17) is 14.4 Å². The molecule has 0 aliphatic carbocycles. The second-order valence-electron chi connectivity index (χ2n) is 8.28. The summed E-state index contributed by atoms with van der Waals surface area (Å²) in [5, 5.41) is 8.75. The van der Waals surface area contributed by atoms with Crippen molar-refractivity contribution in [3.05, 3.63) is 35.4 Å². The number of esters is 1. The van der Waals surface area contributed by atoms with Crippen LogP contribution in [0.5, 0.6) is 0 Å². The van der Waals surface area contributed by atoms with Gasteiger partial charge in [-0.2, -0.15) is 5.10 Å². The SMILES string of the molecule is COC(=O)C(C)(C)N1CCCC(c2c(-c3cc(C)no3)cnc3cc(C)nn23)C1. The summed E-state index contributed by atoms with van der Waals surface area (Å²) in [5.74, 6) is 0.626. The summed E-state index contributed by atoms with van der Waals surface area (Å²) >= 11 is 0. The van der Waals surface area contributed by atoms with Gasteiger partial charge in [0.15, 0.2) is 11.4 Å². The zero-order chi connectivity index (χ0) is 20.8. The Morgan fingerprint density at radius 3 is 2.76 bits per heavy atom. The summed E-state index contributed by atoms with van der Waals surface area (Å²) in [7, 11) is 1.44. The van der Waals surface area contributed by atoms with Crippen LogP contribution < -0.4 is 0 Å². The van der Waals surface area contributed by atoms with Crippen molar-refractivity contribution in [1.29, 1.82) is 0 Å². The molecule has 1 aliphatic rings. The van der Waals surface area contributed by atoms with Crippen LogP contribution in [0.4, 0.5) is 0 Å². The van der Waals surface area contributed by atoms with Crippen molar-refractivity contribution in [2.75, 3.05) is 20.2 Å². The van der Waals surface area contributed by atoms with Crippen LogP contribution in [0.3, 0.4) is 0 Å². The summed E-state index contributed by atoms with van der Waals surface area (Å²) in [5.41, 5.74) is 3.78. The third kappa shape index (κ3) is 3.42. The van der Waals surface area contributed by atoms with Crippen LogP contribution in [0.2, 0.25) is 0 Å². The van der Waals surface area contributed by atoms with E-state index in [2.05, 4.69) is 15.0 Å². The van der Waals surface area contributed by atoms with Crippen LogP contribution >= 0.6 is 0 Å². The smallest absolute Gasteiger partial charge is 0.325 e. The molecule has 4 rings (SSSR count). The van der Waals surface area contributed by atoms with Gasteiger partial charge in [0.25, 0.3) is 0 Å². The van der Waals surface area contributed by atoms with E-state index in [-0.39, 0.29) is 11.9 Å². The Kier molecular flexibility index (Phi) is 4.90. The highest BCUT2D eigenvalue weighted by molar-refractivity contribution is 5.79. The van der Waals surface area contributed by atoms with E-state index in [0.717, 1.165) is 54.2 Å². The number of piperidine rings is 1. The van der Waals surface area contributed by atoms with Gasteiger partial charge >= 0.3 is 5.97 Å². The molecule has 0 spiro atoms. The maximum absolute atomic E-state index is 12.4. The zero-order valence-electron chi connectivity index (χ0n) is 17.6. The molecule has 3 aromatic rings. The molecule has 0 bridgehead atoms. The Labute approximate surface area is 169 Å². The predicted octanol–water partition coefficient (Wildman–Crippen LogP) is 3.13. The van der Waals surface area contributed by atoms with Gasteiger partial charge in [-0.1, -0.05) is 5.16 Å². The Bertz CT molecular complexity index is 1050. The topological polar surface area (TPSA) is 85.8 Å². The molecule has 1 saturated heterocycles. The van der Waals surface area contributed by atoms with E-state index in [1.807, 2.05) is 50.5 Å². The van der Waals surface area contributed by atoms with E-state index in [1.54, 1.807) is 0 Å². The van der Waals surface area contributed by atoms with Gasteiger partial charge in [0.2, 0.25) is 0 Å². The molecule has 0 aromatic carbocycles. The molecule has 8 heteroatoms. The van der Waals surface area contributed by atoms with Crippen molar-refractivity contribution in [3.8, 4) is 11.3 Å². The number of methoxy groups -OCH3 is 1. The lowest BCUT2D eigenvalue weighted by Gasteiger charge is -2.41. The van der Waals surface area contributed by atoms with Crippen LogP contribution in [0.15, 0.2) is 22.9 Å². The first kappa shape index (κ1) is 19.6. The number of aryl methyl sites for hydroxylation is 2. The minimum atomic E-state index is -0.692. The lowest BCUT2D eigenvalue weighted by atomic mass is 9.88. The maximum atomic E-state index is 12.4. The number of aromatic nitrogens is 4. The summed E-state index contributed by atoms with van der Waals surface area (Å²) in [6.45, 7) is 9.27. The van der Waals surface area contributed by atoms with Crippen LogP contribution in [0.1, 0.15) is 49.7 Å². The van der Waals surface area contributed by atoms with Gasteiger partial charge in [0.05, 0.1) is 29.8 Å². The molecule has 1 atom stereocenters. The Balaban J connectivity index is 1.80. The highest BCUT2D eigenvalue weighted by atomic mass is 16.5. The van der Waals surface area contributed by atoms with Crippen molar-refractivity contribution >= 4 is 11.6 Å². The second kappa shape index (κ2) is 7.26. The predicted molar refractivity (Wildman–Crippen MR) is 108 cm³/mol. The molecule has 0 saturated carbocycles.